The maximum atomic E-state index is 11.9. The molecule has 1 N–H and O–H groups in total. The number of amides is 1. The topological polar surface area (TPSA) is 98.3 Å². The highest BCUT2D eigenvalue weighted by atomic mass is 35.5. The van der Waals surface area contributed by atoms with Gasteiger partial charge >= 0.3 is 0 Å². The molecule has 8 heteroatoms. The summed E-state index contributed by atoms with van der Waals surface area (Å²) in [5.74, 6) is -0.354. The van der Waals surface area contributed by atoms with Crippen molar-refractivity contribution in [3.05, 3.63) is 50.7 Å². The Balaban J connectivity index is 2.22. The summed E-state index contributed by atoms with van der Waals surface area (Å²) < 4.78 is 4.82. The summed E-state index contributed by atoms with van der Waals surface area (Å²) in [7, 11) is 0. The number of aryl methyl sites for hydroxylation is 1. The fourth-order valence-corrected chi connectivity index (χ4v) is 1.66. The van der Waals surface area contributed by atoms with Crippen LogP contribution in [-0.4, -0.2) is 16.0 Å². The first-order valence-electron chi connectivity index (χ1n) is 5.16. The molecule has 0 saturated carbocycles. The molecule has 2 rings (SSSR count). The number of non-ortho nitro benzene ring substituents is 1. The molecule has 7 nitrogen and oxygen atoms in total. The summed E-state index contributed by atoms with van der Waals surface area (Å²) in [6, 6.07) is 5.13. The molecule has 0 saturated heterocycles. The molecule has 1 aromatic heterocycles. The second-order valence-electron chi connectivity index (χ2n) is 3.71. The molecular weight excluding hydrogens is 274 g/mol. The van der Waals surface area contributed by atoms with Crippen LogP contribution in [-0.2, 0) is 0 Å². The highest BCUT2D eigenvalue weighted by Crippen LogP contribution is 2.23. The van der Waals surface area contributed by atoms with Crippen LogP contribution in [0.4, 0.5) is 11.6 Å². The molecule has 0 radical (unpaired) electrons. The van der Waals surface area contributed by atoms with Crippen molar-refractivity contribution in [1.29, 1.82) is 0 Å². The van der Waals surface area contributed by atoms with E-state index in [1.165, 1.54) is 18.2 Å². The van der Waals surface area contributed by atoms with Gasteiger partial charge in [0.25, 0.3) is 11.6 Å². The Labute approximate surface area is 112 Å². The van der Waals surface area contributed by atoms with E-state index in [9.17, 15) is 14.9 Å². The Kier molecular flexibility index (Phi) is 3.48. The van der Waals surface area contributed by atoms with E-state index in [-0.39, 0.29) is 22.2 Å². The number of hydrogen-bond donors (Lipinski definition) is 1. The van der Waals surface area contributed by atoms with Crippen molar-refractivity contribution in [2.75, 3.05) is 5.32 Å². The van der Waals surface area contributed by atoms with Gasteiger partial charge < -0.3 is 4.52 Å². The third-order valence-corrected chi connectivity index (χ3v) is 2.59. The average molecular weight is 282 g/mol. The lowest BCUT2D eigenvalue weighted by atomic mass is 10.2. The van der Waals surface area contributed by atoms with Crippen molar-refractivity contribution < 1.29 is 14.2 Å². The Hall–Kier alpha value is -2.41. The van der Waals surface area contributed by atoms with Gasteiger partial charge in [0.1, 0.15) is 0 Å². The van der Waals surface area contributed by atoms with Crippen LogP contribution in [0.15, 0.2) is 28.8 Å². The second kappa shape index (κ2) is 5.07. The van der Waals surface area contributed by atoms with E-state index >= 15 is 0 Å². The Morgan fingerprint density at radius 1 is 1.47 bits per heavy atom. The van der Waals surface area contributed by atoms with Crippen LogP contribution >= 0.6 is 11.6 Å². The van der Waals surface area contributed by atoms with Crippen molar-refractivity contribution in [3.8, 4) is 0 Å². The van der Waals surface area contributed by atoms with Gasteiger partial charge in [-0.2, -0.15) is 0 Å². The van der Waals surface area contributed by atoms with Crippen molar-refractivity contribution >= 4 is 29.1 Å². The normalized spacial score (nSPS) is 10.2. The number of nitro benzene ring substituents is 1. The SMILES string of the molecule is Cc1cc(NC(=O)c2ccc([N+](=O)[O-])cc2Cl)on1. The summed E-state index contributed by atoms with van der Waals surface area (Å²) in [6.07, 6.45) is 0. The molecule has 0 fully saturated rings. The summed E-state index contributed by atoms with van der Waals surface area (Å²) in [5.41, 5.74) is 0.545. The Morgan fingerprint density at radius 3 is 2.74 bits per heavy atom. The smallest absolute Gasteiger partial charge is 0.270 e. The fourth-order valence-electron chi connectivity index (χ4n) is 1.40. The molecule has 1 aromatic carbocycles. The zero-order valence-corrected chi connectivity index (χ0v) is 10.5. The molecule has 19 heavy (non-hydrogen) atoms. The van der Waals surface area contributed by atoms with Gasteiger partial charge in [0.15, 0.2) is 0 Å². The van der Waals surface area contributed by atoms with Crippen LogP contribution in [0.5, 0.6) is 0 Å². The van der Waals surface area contributed by atoms with E-state index in [2.05, 4.69) is 10.5 Å². The molecule has 98 valence electrons. The lowest BCUT2D eigenvalue weighted by Gasteiger charge is -2.03. The highest BCUT2D eigenvalue weighted by molar-refractivity contribution is 6.34. The quantitative estimate of drug-likeness (QED) is 0.689. The van der Waals surface area contributed by atoms with Crippen LogP contribution < -0.4 is 5.32 Å². The van der Waals surface area contributed by atoms with Crippen molar-refractivity contribution in [1.82, 2.24) is 5.16 Å². The van der Waals surface area contributed by atoms with E-state index in [4.69, 9.17) is 16.1 Å². The minimum Gasteiger partial charge on any atom is -0.338 e. The van der Waals surface area contributed by atoms with Crippen LogP contribution in [0.2, 0.25) is 5.02 Å². The number of hydrogen-bond acceptors (Lipinski definition) is 5. The van der Waals surface area contributed by atoms with E-state index in [0.29, 0.717) is 5.69 Å². The molecule has 0 aliphatic heterocycles. The predicted octanol–water partition coefficient (Wildman–Crippen LogP) is 2.80. The highest BCUT2D eigenvalue weighted by Gasteiger charge is 2.16. The maximum absolute atomic E-state index is 11.9. The Bertz CT molecular complexity index is 653. The number of nitrogens with zero attached hydrogens (tertiary/aromatic N) is 2. The van der Waals surface area contributed by atoms with Gasteiger partial charge in [0, 0.05) is 18.2 Å². The van der Waals surface area contributed by atoms with Gasteiger partial charge in [-0.3, -0.25) is 20.2 Å². The average Bonchev–Trinajstić information content (AvgIpc) is 2.74. The largest absolute Gasteiger partial charge is 0.338 e. The number of carbonyl (C=O) groups excluding carboxylic acids is 1. The molecule has 0 spiro atoms. The third kappa shape index (κ3) is 2.89. The molecule has 0 bridgehead atoms. The van der Waals surface area contributed by atoms with Gasteiger partial charge in [-0.25, -0.2) is 0 Å². The minimum atomic E-state index is -0.590. The van der Waals surface area contributed by atoms with Gasteiger partial charge in [-0.1, -0.05) is 16.8 Å². The first-order valence-corrected chi connectivity index (χ1v) is 5.54. The van der Waals surface area contributed by atoms with E-state index in [1.807, 2.05) is 0 Å². The number of nitro groups is 1. The van der Waals surface area contributed by atoms with Crippen LogP contribution in [0.3, 0.4) is 0 Å². The minimum absolute atomic E-state index is 0.0112. The van der Waals surface area contributed by atoms with Crippen LogP contribution in [0.25, 0.3) is 0 Å². The first-order chi connectivity index (χ1) is 8.97. The summed E-state index contributed by atoms with van der Waals surface area (Å²) in [5, 5.41) is 16.6. The van der Waals surface area contributed by atoms with Crippen LogP contribution in [0.1, 0.15) is 16.1 Å². The summed E-state index contributed by atoms with van der Waals surface area (Å²) in [6.45, 7) is 1.71. The second-order valence-corrected chi connectivity index (χ2v) is 4.12. The lowest BCUT2D eigenvalue weighted by Crippen LogP contribution is -2.12. The number of rotatable bonds is 3. The monoisotopic (exact) mass is 281 g/mol. The van der Waals surface area contributed by atoms with Gasteiger partial charge in [-0.15, -0.1) is 0 Å². The molecule has 0 unspecified atom stereocenters. The maximum Gasteiger partial charge on any atom is 0.270 e. The molecule has 1 heterocycles. The predicted molar refractivity (Wildman–Crippen MR) is 67.3 cm³/mol. The standard InChI is InChI=1S/C11H8ClN3O4/c1-6-4-10(19-14-6)13-11(16)8-3-2-7(15(17)18)5-9(8)12/h2-5H,1H3,(H,13,16). The van der Waals surface area contributed by atoms with Crippen LogP contribution in [0, 0.1) is 17.0 Å². The molecule has 2 aromatic rings. The Morgan fingerprint density at radius 2 is 2.21 bits per heavy atom. The van der Waals surface area contributed by atoms with Crippen molar-refractivity contribution in [3.63, 3.8) is 0 Å². The molecule has 0 aliphatic rings. The number of anilines is 1. The zero-order chi connectivity index (χ0) is 14.0. The number of aromatic nitrogens is 1. The number of carbonyl (C=O) groups is 1. The molecule has 0 aliphatic carbocycles. The van der Waals surface area contributed by atoms with Crippen molar-refractivity contribution in [2.45, 2.75) is 6.92 Å². The molecule has 1 amide bonds. The van der Waals surface area contributed by atoms with Crippen molar-refractivity contribution in [2.24, 2.45) is 0 Å². The van der Waals surface area contributed by atoms with Gasteiger partial charge in [-0.05, 0) is 13.0 Å². The lowest BCUT2D eigenvalue weighted by molar-refractivity contribution is -0.384. The zero-order valence-electron chi connectivity index (χ0n) is 9.71. The van der Waals surface area contributed by atoms with Gasteiger partial charge in [0.2, 0.25) is 5.88 Å². The molecular formula is C11H8ClN3O4. The fraction of sp³-hybridized carbons (Fsp3) is 0.0909. The third-order valence-electron chi connectivity index (χ3n) is 2.27. The summed E-state index contributed by atoms with van der Waals surface area (Å²) >= 11 is 5.83. The first kappa shape index (κ1) is 13.0. The number of benzene rings is 1. The van der Waals surface area contributed by atoms with E-state index < -0.39 is 10.8 Å². The molecule has 0 atom stereocenters. The van der Waals surface area contributed by atoms with E-state index in [1.54, 1.807) is 6.92 Å². The number of halogens is 1. The summed E-state index contributed by atoms with van der Waals surface area (Å²) in [4.78, 5) is 21.8. The number of nitrogens with one attached hydrogen (secondary N) is 1. The van der Waals surface area contributed by atoms with E-state index in [0.717, 1.165) is 6.07 Å². The van der Waals surface area contributed by atoms with Gasteiger partial charge in [0.05, 0.1) is 21.2 Å².